The Hall–Kier alpha value is -3.93. The summed E-state index contributed by atoms with van der Waals surface area (Å²) in [4.78, 5) is 32.2. The number of nitrogens with zero attached hydrogens (tertiary/aromatic N) is 3. The highest BCUT2D eigenvalue weighted by molar-refractivity contribution is 5.80. The van der Waals surface area contributed by atoms with Crippen molar-refractivity contribution in [1.82, 2.24) is 14.5 Å². The molecule has 2 heterocycles. The maximum absolute atomic E-state index is 14.3. The van der Waals surface area contributed by atoms with E-state index in [9.17, 15) is 32.3 Å². The molecular weight excluding hydrogens is 568 g/mol. The fourth-order valence-corrected chi connectivity index (χ4v) is 6.00. The van der Waals surface area contributed by atoms with Crippen LogP contribution in [-0.2, 0) is 17.8 Å². The summed E-state index contributed by atoms with van der Waals surface area (Å²) in [6, 6.07) is 14.8. The van der Waals surface area contributed by atoms with E-state index in [0.717, 1.165) is 5.56 Å². The van der Waals surface area contributed by atoms with Gasteiger partial charge in [0.25, 0.3) is 5.56 Å². The maximum atomic E-state index is 14.3. The van der Waals surface area contributed by atoms with Gasteiger partial charge in [-0.3, -0.25) is 14.2 Å². The predicted molar refractivity (Wildman–Crippen MR) is 151 cm³/mol. The lowest BCUT2D eigenvalue weighted by molar-refractivity contribution is -0.145. The molecular formula is C31H34F4N4O4. The molecule has 2 atom stereocenters. The summed E-state index contributed by atoms with van der Waals surface area (Å²) in [7, 11) is 0. The number of benzene rings is 2. The first kappa shape index (κ1) is 30.5. The van der Waals surface area contributed by atoms with Gasteiger partial charge in [0.15, 0.2) is 5.69 Å². The van der Waals surface area contributed by atoms with Crippen molar-refractivity contribution in [2.24, 2.45) is 5.92 Å². The third kappa shape index (κ3) is 7.18. The Bertz CT molecular complexity index is 1480. The van der Waals surface area contributed by atoms with Crippen LogP contribution >= 0.6 is 0 Å². The molecule has 5 rings (SSSR count). The summed E-state index contributed by atoms with van der Waals surface area (Å²) < 4.78 is 60.6. The van der Waals surface area contributed by atoms with Crippen LogP contribution in [0.4, 0.5) is 23.2 Å². The number of hydrogen-bond acceptors (Lipinski definition) is 6. The van der Waals surface area contributed by atoms with Crippen LogP contribution in [-0.4, -0.2) is 56.5 Å². The molecule has 1 saturated carbocycles. The number of piperidine rings is 1. The lowest BCUT2D eigenvalue weighted by Gasteiger charge is -2.42. The molecule has 0 spiro atoms. The number of nitrogen functional groups attached to an aromatic ring is 1. The number of carbonyl (C=O) groups is 1. The molecule has 2 aliphatic rings. The van der Waals surface area contributed by atoms with Crippen LogP contribution in [0, 0.1) is 5.92 Å². The van der Waals surface area contributed by atoms with E-state index < -0.39 is 35.3 Å². The van der Waals surface area contributed by atoms with Crippen LogP contribution in [0.1, 0.15) is 49.1 Å². The third-order valence-electron chi connectivity index (χ3n) is 8.40. The molecule has 3 aromatic rings. The molecule has 2 fully saturated rings. The molecule has 8 nitrogen and oxygen atoms in total. The van der Waals surface area contributed by atoms with E-state index >= 15 is 0 Å². The summed E-state index contributed by atoms with van der Waals surface area (Å²) in [5.74, 6) is -4.08. The number of anilines is 1. The van der Waals surface area contributed by atoms with Crippen molar-refractivity contribution >= 4 is 11.6 Å². The van der Waals surface area contributed by atoms with Gasteiger partial charge < -0.3 is 20.5 Å². The number of alkyl halides is 4. The average molecular weight is 603 g/mol. The Kier molecular flexibility index (Phi) is 8.77. The zero-order valence-corrected chi connectivity index (χ0v) is 23.5. The Morgan fingerprint density at radius 3 is 2.40 bits per heavy atom. The van der Waals surface area contributed by atoms with Crippen molar-refractivity contribution in [2.45, 2.75) is 68.9 Å². The van der Waals surface area contributed by atoms with Crippen LogP contribution in [0.25, 0.3) is 0 Å². The fourth-order valence-electron chi connectivity index (χ4n) is 6.00. The largest absolute Gasteiger partial charge is 0.437 e. The number of nitrogens with two attached hydrogens (primary N) is 1. The zero-order chi connectivity index (χ0) is 30.8. The third-order valence-corrected chi connectivity index (χ3v) is 8.40. The molecule has 2 aromatic carbocycles. The standard InChI is InChI=1S/C31H34F4N4O4/c32-25(33)16-20-6-8-22(9-7-20)43-27-26(36)29(41)39(19-37-27)18-30(42)12-14-38(15-13-30)28(40)23-10-11-31(34,35)17-24(23)21-4-2-1-3-5-21/h1-9,19,23-25,42H,10-18,36H2/t23-,24+/m1/s1. The van der Waals surface area contributed by atoms with Gasteiger partial charge in [0.2, 0.25) is 24.1 Å². The van der Waals surface area contributed by atoms with E-state index in [0.29, 0.717) is 5.56 Å². The Labute approximate surface area is 246 Å². The summed E-state index contributed by atoms with van der Waals surface area (Å²) in [6.07, 6.45) is -1.95. The van der Waals surface area contributed by atoms with Crippen molar-refractivity contribution in [3.8, 4) is 11.6 Å². The minimum absolute atomic E-state index is 0.0841. The van der Waals surface area contributed by atoms with Gasteiger partial charge in [-0.15, -0.1) is 0 Å². The Morgan fingerprint density at radius 2 is 1.74 bits per heavy atom. The predicted octanol–water partition coefficient (Wildman–Crippen LogP) is 5.00. The van der Waals surface area contributed by atoms with Crippen LogP contribution in [0.15, 0.2) is 65.7 Å². The maximum Gasteiger partial charge on any atom is 0.280 e. The monoisotopic (exact) mass is 602 g/mol. The first-order valence-corrected chi connectivity index (χ1v) is 14.3. The SMILES string of the molecule is Nc1c(Oc2ccc(CC(F)F)cc2)ncn(CC2(O)CCN(C(=O)[C@@H]3CCC(F)(F)C[C@H]3c3ccccc3)CC2)c1=O. The molecule has 12 heteroatoms. The van der Waals surface area contributed by atoms with E-state index in [1.54, 1.807) is 35.2 Å². The van der Waals surface area contributed by atoms with E-state index in [4.69, 9.17) is 10.5 Å². The molecule has 1 aliphatic carbocycles. The van der Waals surface area contributed by atoms with Crippen molar-refractivity contribution in [2.75, 3.05) is 18.8 Å². The second kappa shape index (κ2) is 12.4. The second-order valence-electron chi connectivity index (χ2n) is 11.5. The van der Waals surface area contributed by atoms with Gasteiger partial charge in [-0.05, 0) is 42.5 Å². The van der Waals surface area contributed by atoms with Crippen LogP contribution < -0.4 is 16.0 Å². The number of likely N-dealkylation sites (tertiary alicyclic amines) is 1. The van der Waals surface area contributed by atoms with Crippen molar-refractivity contribution in [3.63, 3.8) is 0 Å². The first-order chi connectivity index (χ1) is 20.4. The minimum Gasteiger partial charge on any atom is -0.437 e. The van der Waals surface area contributed by atoms with Crippen molar-refractivity contribution < 1.29 is 32.2 Å². The van der Waals surface area contributed by atoms with Gasteiger partial charge >= 0.3 is 0 Å². The highest BCUT2D eigenvalue weighted by atomic mass is 19.3. The summed E-state index contributed by atoms with van der Waals surface area (Å²) >= 11 is 0. The molecule has 1 aliphatic heterocycles. The number of carbonyl (C=O) groups excluding carboxylic acids is 1. The molecule has 0 radical (unpaired) electrons. The number of ether oxygens (including phenoxy) is 1. The average Bonchev–Trinajstić information content (AvgIpc) is 2.98. The van der Waals surface area contributed by atoms with Gasteiger partial charge in [-0.2, -0.15) is 0 Å². The minimum atomic E-state index is -2.83. The number of rotatable bonds is 8. The zero-order valence-electron chi connectivity index (χ0n) is 23.5. The van der Waals surface area contributed by atoms with E-state index in [1.165, 1.54) is 35.2 Å². The first-order valence-electron chi connectivity index (χ1n) is 14.3. The number of aromatic nitrogens is 2. The molecule has 230 valence electrons. The lowest BCUT2D eigenvalue weighted by atomic mass is 9.73. The van der Waals surface area contributed by atoms with E-state index in [2.05, 4.69) is 4.98 Å². The smallest absolute Gasteiger partial charge is 0.280 e. The number of aliphatic hydroxyl groups is 1. The van der Waals surface area contributed by atoms with E-state index in [-0.39, 0.29) is 81.4 Å². The van der Waals surface area contributed by atoms with Gasteiger partial charge in [0, 0.05) is 44.2 Å². The molecule has 3 N–H and O–H groups in total. The van der Waals surface area contributed by atoms with Gasteiger partial charge in [-0.25, -0.2) is 22.5 Å². The molecule has 1 aromatic heterocycles. The normalized spacial score (nSPS) is 21.5. The Balaban J connectivity index is 1.22. The van der Waals surface area contributed by atoms with Crippen molar-refractivity contribution in [3.05, 3.63) is 82.4 Å². The molecule has 0 unspecified atom stereocenters. The Morgan fingerprint density at radius 1 is 1.07 bits per heavy atom. The molecule has 1 amide bonds. The molecule has 1 saturated heterocycles. The quantitative estimate of drug-likeness (QED) is 0.352. The summed E-state index contributed by atoms with van der Waals surface area (Å²) in [5.41, 5.74) is 4.91. The van der Waals surface area contributed by atoms with Gasteiger partial charge in [0.1, 0.15) is 12.1 Å². The van der Waals surface area contributed by atoms with Crippen LogP contribution in [0.2, 0.25) is 0 Å². The van der Waals surface area contributed by atoms with Crippen molar-refractivity contribution in [1.29, 1.82) is 0 Å². The molecule has 0 bridgehead atoms. The lowest BCUT2D eigenvalue weighted by Crippen LogP contribution is -2.52. The van der Waals surface area contributed by atoms with Gasteiger partial charge in [0.05, 0.1) is 12.1 Å². The molecule has 43 heavy (non-hydrogen) atoms. The van der Waals surface area contributed by atoms with Crippen LogP contribution in [0.5, 0.6) is 11.6 Å². The van der Waals surface area contributed by atoms with Gasteiger partial charge in [-0.1, -0.05) is 42.5 Å². The highest BCUT2D eigenvalue weighted by Crippen LogP contribution is 2.46. The van der Waals surface area contributed by atoms with E-state index in [1.807, 2.05) is 0 Å². The number of hydrogen-bond donors (Lipinski definition) is 2. The van der Waals surface area contributed by atoms with Crippen LogP contribution in [0.3, 0.4) is 0 Å². The topological polar surface area (TPSA) is 111 Å². The number of halogens is 4. The number of amides is 1. The second-order valence-corrected chi connectivity index (χ2v) is 11.5. The summed E-state index contributed by atoms with van der Waals surface area (Å²) in [6.45, 7) is 0.310. The fraction of sp³-hybridized carbons (Fsp3) is 0.452. The highest BCUT2D eigenvalue weighted by Gasteiger charge is 2.46. The summed E-state index contributed by atoms with van der Waals surface area (Å²) in [5, 5.41) is 11.3.